The van der Waals surface area contributed by atoms with Crippen molar-refractivity contribution >= 4 is 23.5 Å². The second kappa shape index (κ2) is 14.7. The first-order chi connectivity index (χ1) is 14.6. The van der Waals surface area contributed by atoms with Crippen LogP contribution in [0, 0.1) is 0 Å². The quantitative estimate of drug-likeness (QED) is 0.260. The van der Waals surface area contributed by atoms with Crippen LogP contribution in [-0.2, 0) is 13.1 Å². The van der Waals surface area contributed by atoms with Gasteiger partial charge in [-0.1, -0.05) is 49.2 Å². The van der Waals surface area contributed by atoms with Gasteiger partial charge < -0.3 is 9.80 Å². The second-order valence-corrected chi connectivity index (χ2v) is 9.92. The van der Waals surface area contributed by atoms with Gasteiger partial charge in [0, 0.05) is 24.6 Å². The molecule has 0 aromatic carbocycles. The Morgan fingerprint density at radius 2 is 1.03 bits per heavy atom. The van der Waals surface area contributed by atoms with Gasteiger partial charge in [-0.05, 0) is 61.9 Å². The summed E-state index contributed by atoms with van der Waals surface area (Å²) in [6, 6.07) is 0. The summed E-state index contributed by atoms with van der Waals surface area (Å²) < 4.78 is 3.80. The maximum absolute atomic E-state index is 4.14. The molecule has 170 valence electrons. The highest BCUT2D eigenvalue weighted by Crippen LogP contribution is 2.18. The van der Waals surface area contributed by atoms with Gasteiger partial charge in [-0.3, -0.25) is 0 Å². The van der Waals surface area contributed by atoms with Crippen molar-refractivity contribution in [3.63, 3.8) is 0 Å². The number of nitrogens with zero attached hydrogens (tertiary/aromatic N) is 10. The molecule has 0 N–H and O–H groups in total. The van der Waals surface area contributed by atoms with Gasteiger partial charge in [0.15, 0.2) is 0 Å². The number of hydrogen-bond acceptors (Lipinski definition) is 10. The van der Waals surface area contributed by atoms with Gasteiger partial charge in [0.25, 0.3) is 0 Å². The smallest absolute Gasteiger partial charge is 0.209 e. The number of rotatable bonds is 17. The third-order valence-electron chi connectivity index (χ3n) is 4.52. The van der Waals surface area contributed by atoms with Crippen molar-refractivity contribution in [3.8, 4) is 0 Å². The van der Waals surface area contributed by atoms with Crippen molar-refractivity contribution in [2.75, 3.05) is 52.8 Å². The summed E-state index contributed by atoms with van der Waals surface area (Å²) in [4.78, 5) is 4.28. The predicted octanol–water partition coefficient (Wildman–Crippen LogP) is 2.01. The SMILES string of the molecule is CN(C)CCn1nnnc1SCCCCCCCCSc1nnnn1CCN(C)C. The van der Waals surface area contributed by atoms with Gasteiger partial charge in [-0.25, -0.2) is 9.36 Å². The fourth-order valence-electron chi connectivity index (χ4n) is 2.71. The van der Waals surface area contributed by atoms with Gasteiger partial charge in [-0.2, -0.15) is 0 Å². The van der Waals surface area contributed by atoms with E-state index in [1.807, 2.05) is 9.36 Å². The molecular weight excluding hydrogens is 420 g/mol. The Kier molecular flexibility index (Phi) is 12.3. The molecule has 0 saturated heterocycles. The molecule has 0 radical (unpaired) electrons. The van der Waals surface area contributed by atoms with Crippen molar-refractivity contribution in [1.82, 2.24) is 50.2 Å². The molecule has 12 heteroatoms. The summed E-state index contributed by atoms with van der Waals surface area (Å²) in [5, 5.41) is 25.9. The maximum atomic E-state index is 4.14. The Balaban J connectivity index is 1.46. The fraction of sp³-hybridized carbons (Fsp3) is 0.889. The van der Waals surface area contributed by atoms with Gasteiger partial charge in [0.1, 0.15) is 0 Å². The van der Waals surface area contributed by atoms with Crippen LogP contribution in [-0.4, -0.2) is 103 Å². The zero-order valence-electron chi connectivity index (χ0n) is 18.8. The molecule has 0 aliphatic rings. The van der Waals surface area contributed by atoms with Crippen LogP contribution in [0.15, 0.2) is 10.3 Å². The first kappa shape index (κ1) is 25.0. The average Bonchev–Trinajstić information content (AvgIpc) is 3.35. The van der Waals surface area contributed by atoms with Crippen LogP contribution in [0.1, 0.15) is 38.5 Å². The van der Waals surface area contributed by atoms with Gasteiger partial charge in [0.2, 0.25) is 10.3 Å². The summed E-state index contributed by atoms with van der Waals surface area (Å²) in [5.74, 6) is 2.15. The van der Waals surface area contributed by atoms with Gasteiger partial charge >= 0.3 is 0 Å². The Labute approximate surface area is 188 Å². The van der Waals surface area contributed by atoms with Crippen molar-refractivity contribution in [1.29, 1.82) is 0 Å². The van der Waals surface area contributed by atoms with Crippen LogP contribution in [0.2, 0.25) is 0 Å². The number of aromatic nitrogens is 8. The van der Waals surface area contributed by atoms with Crippen LogP contribution in [0.25, 0.3) is 0 Å². The highest BCUT2D eigenvalue weighted by molar-refractivity contribution is 7.99. The monoisotopic (exact) mass is 456 g/mol. The Bertz CT molecular complexity index is 630. The standard InChI is InChI=1S/C18H36N10S2/c1-25(2)11-13-27-17(19-21-23-27)29-15-9-7-5-6-8-10-16-30-18-20-22-24-28(18)14-12-26(3)4/h5-16H2,1-4H3. The fourth-order valence-corrected chi connectivity index (χ4v) is 4.51. The van der Waals surface area contributed by atoms with Crippen LogP contribution < -0.4 is 0 Å². The van der Waals surface area contributed by atoms with E-state index in [0.717, 1.165) is 48.0 Å². The summed E-state index contributed by atoms with van der Waals surface area (Å²) in [7, 11) is 8.24. The number of hydrogen-bond donors (Lipinski definition) is 0. The lowest BCUT2D eigenvalue weighted by Gasteiger charge is -2.09. The van der Waals surface area contributed by atoms with Gasteiger partial charge in [-0.15, -0.1) is 10.2 Å². The van der Waals surface area contributed by atoms with E-state index in [2.05, 4.69) is 69.0 Å². The minimum atomic E-state index is 0.836. The minimum Gasteiger partial charge on any atom is -0.308 e. The first-order valence-electron chi connectivity index (χ1n) is 10.6. The molecule has 2 rings (SSSR count). The normalized spacial score (nSPS) is 11.8. The highest BCUT2D eigenvalue weighted by Gasteiger charge is 2.08. The molecule has 10 nitrogen and oxygen atoms in total. The molecular formula is C18H36N10S2. The van der Waals surface area contributed by atoms with Crippen molar-refractivity contribution < 1.29 is 0 Å². The van der Waals surface area contributed by atoms with Crippen LogP contribution in [0.5, 0.6) is 0 Å². The van der Waals surface area contributed by atoms with E-state index >= 15 is 0 Å². The molecule has 0 bridgehead atoms. The van der Waals surface area contributed by atoms with E-state index in [0.29, 0.717) is 0 Å². The molecule has 0 amide bonds. The molecule has 2 heterocycles. The van der Waals surface area contributed by atoms with Crippen LogP contribution in [0.4, 0.5) is 0 Å². The molecule has 0 aliphatic carbocycles. The summed E-state index contributed by atoms with van der Waals surface area (Å²) >= 11 is 3.53. The number of tetrazole rings is 2. The number of unbranched alkanes of at least 4 members (excludes halogenated alkanes) is 5. The summed E-state index contributed by atoms with van der Waals surface area (Å²) in [6.07, 6.45) is 7.53. The summed E-state index contributed by atoms with van der Waals surface area (Å²) in [5.41, 5.74) is 0. The van der Waals surface area contributed by atoms with Crippen molar-refractivity contribution in [2.24, 2.45) is 0 Å². The van der Waals surface area contributed by atoms with Crippen molar-refractivity contribution in [3.05, 3.63) is 0 Å². The van der Waals surface area contributed by atoms with E-state index in [4.69, 9.17) is 0 Å². The lowest BCUT2D eigenvalue weighted by atomic mass is 10.1. The van der Waals surface area contributed by atoms with E-state index in [1.165, 1.54) is 38.5 Å². The molecule has 0 aliphatic heterocycles. The zero-order chi connectivity index (χ0) is 21.6. The Hall–Kier alpha value is -1.24. The van der Waals surface area contributed by atoms with E-state index in [9.17, 15) is 0 Å². The third-order valence-corrected chi connectivity index (χ3v) is 6.60. The zero-order valence-corrected chi connectivity index (χ0v) is 20.4. The molecule has 0 saturated carbocycles. The lowest BCUT2D eigenvalue weighted by molar-refractivity contribution is 0.361. The lowest BCUT2D eigenvalue weighted by Crippen LogP contribution is -2.19. The first-order valence-corrected chi connectivity index (χ1v) is 12.6. The van der Waals surface area contributed by atoms with Crippen LogP contribution in [0.3, 0.4) is 0 Å². The summed E-state index contributed by atoms with van der Waals surface area (Å²) in [6.45, 7) is 3.56. The Morgan fingerprint density at radius 1 is 0.633 bits per heavy atom. The predicted molar refractivity (Wildman–Crippen MR) is 122 cm³/mol. The minimum absolute atomic E-state index is 0.836. The average molecular weight is 457 g/mol. The van der Waals surface area contributed by atoms with Gasteiger partial charge in [0.05, 0.1) is 13.1 Å². The Morgan fingerprint density at radius 3 is 1.43 bits per heavy atom. The number of likely N-dealkylation sites (N-methyl/N-ethyl adjacent to an activating group) is 2. The van der Waals surface area contributed by atoms with E-state index < -0.39 is 0 Å². The molecule has 0 atom stereocenters. The maximum Gasteiger partial charge on any atom is 0.209 e. The topological polar surface area (TPSA) is 93.7 Å². The molecule has 0 spiro atoms. The number of thioether (sulfide) groups is 2. The molecule has 2 aromatic rings. The molecule has 30 heavy (non-hydrogen) atoms. The molecule has 0 fully saturated rings. The highest BCUT2D eigenvalue weighted by atomic mass is 32.2. The molecule has 0 unspecified atom stereocenters. The van der Waals surface area contributed by atoms with Crippen molar-refractivity contribution in [2.45, 2.75) is 61.9 Å². The van der Waals surface area contributed by atoms with Crippen LogP contribution >= 0.6 is 23.5 Å². The second-order valence-electron chi connectivity index (χ2n) is 7.79. The third kappa shape index (κ3) is 10.2. The molecule has 2 aromatic heterocycles. The van der Waals surface area contributed by atoms with E-state index in [-0.39, 0.29) is 0 Å². The van der Waals surface area contributed by atoms with E-state index in [1.54, 1.807) is 23.5 Å². The largest absolute Gasteiger partial charge is 0.308 e.